The molecule has 0 spiro atoms. The molecule has 1 saturated heterocycles. The Morgan fingerprint density at radius 1 is 0.968 bits per heavy atom. The van der Waals surface area contributed by atoms with E-state index in [-0.39, 0.29) is 17.2 Å². The highest BCUT2D eigenvalue weighted by Crippen LogP contribution is 2.42. The average molecular weight is 429 g/mol. The number of nitrogens with zero attached hydrogens (tertiary/aromatic N) is 1. The molecule has 1 unspecified atom stereocenters. The standard InChI is InChI=1S/C26H24N2O2S/c1-17-5-7-19(8-6-17)25(30)27-22-12-9-20(10-13-22)26-28(24(29)16-31-26)23-14-11-18-3-2-4-21(18)15-23/h5-15,26H,2-4,16H2,1H3,(H,27,30). The molecule has 0 aromatic heterocycles. The van der Waals surface area contributed by atoms with Crippen LogP contribution in [0.4, 0.5) is 11.4 Å². The molecule has 5 heteroatoms. The van der Waals surface area contributed by atoms with Gasteiger partial charge in [-0.1, -0.05) is 35.9 Å². The van der Waals surface area contributed by atoms with Gasteiger partial charge in [0.2, 0.25) is 5.91 Å². The molecule has 2 amide bonds. The fraction of sp³-hybridized carbons (Fsp3) is 0.231. The zero-order valence-corrected chi connectivity index (χ0v) is 18.2. The third-order valence-electron chi connectivity index (χ3n) is 6.00. The summed E-state index contributed by atoms with van der Waals surface area (Å²) >= 11 is 1.65. The van der Waals surface area contributed by atoms with Gasteiger partial charge in [0.15, 0.2) is 0 Å². The molecule has 156 valence electrons. The quantitative estimate of drug-likeness (QED) is 0.596. The summed E-state index contributed by atoms with van der Waals surface area (Å²) in [6.07, 6.45) is 3.43. The third-order valence-corrected chi connectivity index (χ3v) is 7.21. The van der Waals surface area contributed by atoms with Crippen molar-refractivity contribution < 1.29 is 9.59 Å². The van der Waals surface area contributed by atoms with Crippen LogP contribution in [0.15, 0.2) is 66.7 Å². The van der Waals surface area contributed by atoms with Gasteiger partial charge >= 0.3 is 0 Å². The van der Waals surface area contributed by atoms with E-state index in [0.717, 1.165) is 35.3 Å². The summed E-state index contributed by atoms with van der Waals surface area (Å²) in [5.41, 5.74) is 7.32. The molecule has 1 aliphatic heterocycles. The molecule has 1 heterocycles. The lowest BCUT2D eigenvalue weighted by molar-refractivity contribution is -0.115. The second-order valence-corrected chi connectivity index (χ2v) is 9.24. The Kier molecular flexibility index (Phi) is 5.28. The van der Waals surface area contributed by atoms with Crippen LogP contribution in [0.3, 0.4) is 0 Å². The van der Waals surface area contributed by atoms with E-state index >= 15 is 0 Å². The number of amides is 2. The van der Waals surface area contributed by atoms with Crippen LogP contribution in [-0.4, -0.2) is 17.6 Å². The number of hydrogen-bond donors (Lipinski definition) is 1. The minimum Gasteiger partial charge on any atom is -0.322 e. The van der Waals surface area contributed by atoms with Gasteiger partial charge in [-0.25, -0.2) is 0 Å². The molecule has 0 radical (unpaired) electrons. The SMILES string of the molecule is Cc1ccc(C(=O)Nc2ccc(C3SCC(=O)N3c3ccc4c(c3)CCC4)cc2)cc1. The van der Waals surface area contributed by atoms with E-state index in [1.54, 1.807) is 11.8 Å². The minimum absolute atomic E-state index is 0.0474. The van der Waals surface area contributed by atoms with E-state index in [9.17, 15) is 9.59 Å². The predicted molar refractivity (Wildman–Crippen MR) is 127 cm³/mol. The predicted octanol–water partition coefficient (Wildman–Crippen LogP) is 5.51. The summed E-state index contributed by atoms with van der Waals surface area (Å²) in [5.74, 6) is 0.496. The highest BCUT2D eigenvalue weighted by atomic mass is 32.2. The first-order valence-electron chi connectivity index (χ1n) is 10.6. The first-order chi connectivity index (χ1) is 15.1. The summed E-state index contributed by atoms with van der Waals surface area (Å²) in [7, 11) is 0. The van der Waals surface area contributed by atoms with Crippen LogP contribution in [0.2, 0.25) is 0 Å². The Bertz CT molecular complexity index is 1140. The molecule has 1 aliphatic carbocycles. The van der Waals surface area contributed by atoms with Crippen molar-refractivity contribution in [3.8, 4) is 0 Å². The van der Waals surface area contributed by atoms with Gasteiger partial charge in [0.1, 0.15) is 5.37 Å². The van der Waals surface area contributed by atoms with E-state index < -0.39 is 0 Å². The Labute approximate surface area is 186 Å². The van der Waals surface area contributed by atoms with Gasteiger partial charge in [0.05, 0.1) is 5.75 Å². The molecule has 1 N–H and O–H groups in total. The lowest BCUT2D eigenvalue weighted by Gasteiger charge is -2.25. The monoisotopic (exact) mass is 428 g/mol. The van der Waals surface area contributed by atoms with Gasteiger partial charge in [-0.05, 0) is 79.3 Å². The smallest absolute Gasteiger partial charge is 0.255 e. The fourth-order valence-corrected chi connectivity index (χ4v) is 5.47. The van der Waals surface area contributed by atoms with Gasteiger partial charge in [-0.2, -0.15) is 0 Å². The van der Waals surface area contributed by atoms with E-state index in [2.05, 4.69) is 23.5 Å². The largest absolute Gasteiger partial charge is 0.322 e. The molecule has 2 aliphatic rings. The first-order valence-corrected chi connectivity index (χ1v) is 11.7. The zero-order valence-electron chi connectivity index (χ0n) is 17.4. The Balaban J connectivity index is 1.34. The summed E-state index contributed by atoms with van der Waals surface area (Å²) in [6.45, 7) is 2.00. The molecule has 1 atom stereocenters. The summed E-state index contributed by atoms with van der Waals surface area (Å²) < 4.78 is 0. The average Bonchev–Trinajstić information content (AvgIpc) is 3.40. The van der Waals surface area contributed by atoms with Gasteiger partial charge in [-0.3, -0.25) is 14.5 Å². The van der Waals surface area contributed by atoms with Crippen molar-refractivity contribution in [3.63, 3.8) is 0 Å². The Morgan fingerprint density at radius 3 is 2.48 bits per heavy atom. The molecule has 0 bridgehead atoms. The molecular formula is C26H24N2O2S. The Morgan fingerprint density at radius 2 is 1.71 bits per heavy atom. The van der Waals surface area contributed by atoms with E-state index in [0.29, 0.717) is 11.3 Å². The van der Waals surface area contributed by atoms with Crippen molar-refractivity contribution in [3.05, 3.63) is 94.5 Å². The molecule has 0 saturated carbocycles. The van der Waals surface area contributed by atoms with Gasteiger partial charge < -0.3 is 5.32 Å². The molecular weight excluding hydrogens is 404 g/mol. The lowest BCUT2D eigenvalue weighted by Crippen LogP contribution is -2.27. The maximum absolute atomic E-state index is 12.7. The topological polar surface area (TPSA) is 49.4 Å². The normalized spacial score (nSPS) is 17.6. The number of thioether (sulfide) groups is 1. The molecule has 3 aromatic rings. The molecule has 5 rings (SSSR count). The third kappa shape index (κ3) is 3.98. The van der Waals surface area contributed by atoms with Crippen LogP contribution in [0, 0.1) is 6.92 Å². The van der Waals surface area contributed by atoms with Crippen LogP contribution in [0.5, 0.6) is 0 Å². The van der Waals surface area contributed by atoms with E-state index in [1.165, 1.54) is 17.5 Å². The number of benzene rings is 3. The molecule has 31 heavy (non-hydrogen) atoms. The molecule has 3 aromatic carbocycles. The van der Waals surface area contributed by atoms with Crippen LogP contribution in [0.25, 0.3) is 0 Å². The number of fused-ring (bicyclic) bond motifs is 1. The van der Waals surface area contributed by atoms with Crippen LogP contribution >= 0.6 is 11.8 Å². The maximum atomic E-state index is 12.7. The molecule has 4 nitrogen and oxygen atoms in total. The second-order valence-electron chi connectivity index (χ2n) is 8.18. The van der Waals surface area contributed by atoms with Gasteiger partial charge in [0, 0.05) is 16.9 Å². The minimum atomic E-state index is -0.127. The van der Waals surface area contributed by atoms with Crippen LogP contribution < -0.4 is 10.2 Å². The van der Waals surface area contributed by atoms with Crippen molar-refractivity contribution >= 4 is 35.0 Å². The van der Waals surface area contributed by atoms with Crippen LogP contribution in [0.1, 0.15) is 44.4 Å². The van der Waals surface area contributed by atoms with Gasteiger partial charge in [0.25, 0.3) is 5.91 Å². The summed E-state index contributed by atoms with van der Waals surface area (Å²) in [5, 5.41) is 2.90. The van der Waals surface area contributed by atoms with E-state index in [1.807, 2.05) is 60.4 Å². The molecule has 1 fully saturated rings. The lowest BCUT2D eigenvalue weighted by atomic mass is 10.1. The number of nitrogens with one attached hydrogen (secondary N) is 1. The summed E-state index contributed by atoms with van der Waals surface area (Å²) in [6, 6.07) is 21.8. The van der Waals surface area contributed by atoms with Crippen molar-refractivity contribution in [2.75, 3.05) is 16.0 Å². The number of carbonyl (C=O) groups is 2. The fourth-order valence-electron chi connectivity index (χ4n) is 4.30. The maximum Gasteiger partial charge on any atom is 0.255 e. The van der Waals surface area contributed by atoms with Crippen molar-refractivity contribution in [2.24, 2.45) is 0 Å². The van der Waals surface area contributed by atoms with Crippen molar-refractivity contribution in [1.82, 2.24) is 0 Å². The number of aryl methyl sites for hydroxylation is 3. The number of rotatable bonds is 4. The second kappa shape index (κ2) is 8.23. The first kappa shape index (κ1) is 19.9. The summed E-state index contributed by atoms with van der Waals surface area (Å²) in [4.78, 5) is 27.1. The number of hydrogen-bond acceptors (Lipinski definition) is 3. The highest BCUT2D eigenvalue weighted by molar-refractivity contribution is 8.00. The van der Waals surface area contributed by atoms with Crippen molar-refractivity contribution in [1.29, 1.82) is 0 Å². The van der Waals surface area contributed by atoms with Crippen LogP contribution in [-0.2, 0) is 17.6 Å². The Hall–Kier alpha value is -3.05. The number of anilines is 2. The van der Waals surface area contributed by atoms with Crippen molar-refractivity contribution in [2.45, 2.75) is 31.6 Å². The van der Waals surface area contributed by atoms with E-state index in [4.69, 9.17) is 0 Å². The van der Waals surface area contributed by atoms with Gasteiger partial charge in [-0.15, -0.1) is 11.8 Å². The number of carbonyl (C=O) groups excluding carboxylic acids is 2. The highest BCUT2D eigenvalue weighted by Gasteiger charge is 2.34. The zero-order chi connectivity index (χ0) is 21.4.